The quantitative estimate of drug-likeness (QED) is 0.508. The molecule has 0 aliphatic rings. The van der Waals surface area contributed by atoms with Crippen LogP contribution < -0.4 is 10.4 Å². The smallest absolute Gasteiger partial charge is 0.344 e. The molecule has 4 heteroatoms. The van der Waals surface area contributed by atoms with Gasteiger partial charge in [0.15, 0.2) is 0 Å². The van der Waals surface area contributed by atoms with Gasteiger partial charge in [-0.1, -0.05) is 36.4 Å². The van der Waals surface area contributed by atoms with Gasteiger partial charge in [0, 0.05) is 11.5 Å². The van der Waals surface area contributed by atoms with E-state index in [0.717, 1.165) is 27.6 Å². The number of hydrogen-bond acceptors (Lipinski definition) is 4. The molecule has 4 rings (SSSR count). The number of phenolic OH excluding ortho intramolecular Hbond substituents is 1. The third kappa shape index (κ3) is 3.25. The van der Waals surface area contributed by atoms with Crippen LogP contribution in [0, 0.1) is 6.92 Å². The first-order chi connectivity index (χ1) is 13.6. The van der Waals surface area contributed by atoms with Crippen molar-refractivity contribution in [1.29, 1.82) is 0 Å². The van der Waals surface area contributed by atoms with Gasteiger partial charge in [-0.15, -0.1) is 0 Å². The molecule has 1 aromatic heterocycles. The standard InChI is InChI=1S/C24H20O4/c1-15-5-3-4-6-19(15)23-21(13-16-7-9-17(25)10-8-16)20-12-11-18(27-2)14-22(20)28-24(23)26/h3-12,14,25H,13H2,1-2H3. The second-order valence-electron chi connectivity index (χ2n) is 6.76. The number of fused-ring (bicyclic) bond motifs is 1. The molecule has 3 aromatic carbocycles. The van der Waals surface area contributed by atoms with Crippen molar-refractivity contribution in [3.05, 3.63) is 93.8 Å². The van der Waals surface area contributed by atoms with E-state index in [1.165, 1.54) is 0 Å². The van der Waals surface area contributed by atoms with Crippen LogP contribution in [0.5, 0.6) is 11.5 Å². The van der Waals surface area contributed by atoms with Crippen molar-refractivity contribution in [1.82, 2.24) is 0 Å². The van der Waals surface area contributed by atoms with E-state index in [1.807, 2.05) is 55.5 Å². The second-order valence-corrected chi connectivity index (χ2v) is 6.76. The number of rotatable bonds is 4. The van der Waals surface area contributed by atoms with Crippen LogP contribution in [0.1, 0.15) is 16.7 Å². The molecule has 0 amide bonds. The molecule has 0 spiro atoms. The van der Waals surface area contributed by atoms with Crippen LogP contribution >= 0.6 is 0 Å². The zero-order valence-electron chi connectivity index (χ0n) is 15.7. The maximum Gasteiger partial charge on any atom is 0.344 e. The Kier molecular flexibility index (Phi) is 4.62. The lowest BCUT2D eigenvalue weighted by Crippen LogP contribution is -2.09. The summed E-state index contributed by atoms with van der Waals surface area (Å²) in [7, 11) is 1.58. The van der Waals surface area contributed by atoms with Gasteiger partial charge >= 0.3 is 5.63 Å². The van der Waals surface area contributed by atoms with E-state index in [1.54, 1.807) is 25.3 Å². The van der Waals surface area contributed by atoms with Gasteiger partial charge in [-0.2, -0.15) is 0 Å². The summed E-state index contributed by atoms with van der Waals surface area (Å²) in [4.78, 5) is 13.0. The molecule has 4 nitrogen and oxygen atoms in total. The minimum Gasteiger partial charge on any atom is -0.508 e. The van der Waals surface area contributed by atoms with Crippen LogP contribution in [0.4, 0.5) is 0 Å². The van der Waals surface area contributed by atoms with Crippen molar-refractivity contribution in [3.8, 4) is 22.6 Å². The van der Waals surface area contributed by atoms with Crippen molar-refractivity contribution in [3.63, 3.8) is 0 Å². The van der Waals surface area contributed by atoms with Crippen LogP contribution in [0.2, 0.25) is 0 Å². The largest absolute Gasteiger partial charge is 0.508 e. The van der Waals surface area contributed by atoms with Gasteiger partial charge in [-0.3, -0.25) is 0 Å². The first-order valence-electron chi connectivity index (χ1n) is 9.04. The molecular formula is C24H20O4. The van der Waals surface area contributed by atoms with Gasteiger partial charge in [0.05, 0.1) is 12.7 Å². The van der Waals surface area contributed by atoms with E-state index in [4.69, 9.17) is 9.15 Å². The first kappa shape index (κ1) is 17.9. The summed E-state index contributed by atoms with van der Waals surface area (Å²) < 4.78 is 10.9. The molecule has 0 saturated heterocycles. The molecule has 140 valence electrons. The Balaban J connectivity index is 2.01. The predicted molar refractivity (Wildman–Crippen MR) is 110 cm³/mol. The lowest BCUT2D eigenvalue weighted by Gasteiger charge is -2.14. The molecule has 0 aliphatic carbocycles. The second kappa shape index (κ2) is 7.24. The summed E-state index contributed by atoms with van der Waals surface area (Å²) in [6, 6.07) is 20.4. The van der Waals surface area contributed by atoms with Crippen LogP contribution in [0.25, 0.3) is 22.1 Å². The minimum absolute atomic E-state index is 0.213. The van der Waals surface area contributed by atoms with Gasteiger partial charge in [-0.05, 0) is 59.9 Å². The van der Waals surface area contributed by atoms with E-state index < -0.39 is 0 Å². The van der Waals surface area contributed by atoms with E-state index in [2.05, 4.69) is 0 Å². The maximum atomic E-state index is 13.0. The Hall–Kier alpha value is -3.53. The van der Waals surface area contributed by atoms with E-state index in [9.17, 15) is 9.90 Å². The highest BCUT2D eigenvalue weighted by molar-refractivity contribution is 5.88. The van der Waals surface area contributed by atoms with Crippen molar-refractivity contribution in [2.24, 2.45) is 0 Å². The fraction of sp³-hybridized carbons (Fsp3) is 0.125. The summed E-state index contributed by atoms with van der Waals surface area (Å²) in [5.41, 5.74) is 4.46. The summed E-state index contributed by atoms with van der Waals surface area (Å²) in [5.74, 6) is 0.847. The van der Waals surface area contributed by atoms with Gasteiger partial charge in [0.25, 0.3) is 0 Å². The zero-order valence-corrected chi connectivity index (χ0v) is 15.7. The van der Waals surface area contributed by atoms with Crippen LogP contribution in [0.15, 0.2) is 75.9 Å². The van der Waals surface area contributed by atoms with Crippen LogP contribution in [0.3, 0.4) is 0 Å². The fourth-order valence-corrected chi connectivity index (χ4v) is 3.50. The third-order valence-electron chi connectivity index (χ3n) is 4.95. The SMILES string of the molecule is COc1ccc2c(Cc3ccc(O)cc3)c(-c3ccccc3C)c(=O)oc2c1. The number of aromatic hydroxyl groups is 1. The van der Waals surface area contributed by atoms with Gasteiger partial charge < -0.3 is 14.3 Å². The number of methoxy groups -OCH3 is 1. The number of aryl methyl sites for hydroxylation is 1. The molecule has 1 heterocycles. The highest BCUT2D eigenvalue weighted by Crippen LogP contribution is 2.32. The lowest BCUT2D eigenvalue weighted by atomic mass is 9.91. The van der Waals surface area contributed by atoms with Crippen molar-refractivity contribution in [2.45, 2.75) is 13.3 Å². The normalized spacial score (nSPS) is 10.9. The predicted octanol–water partition coefficient (Wildman–Crippen LogP) is 5.07. The number of ether oxygens (including phenoxy) is 1. The minimum atomic E-state index is -0.371. The average Bonchev–Trinajstić information content (AvgIpc) is 2.70. The maximum absolute atomic E-state index is 13.0. The highest BCUT2D eigenvalue weighted by atomic mass is 16.5. The third-order valence-corrected chi connectivity index (χ3v) is 4.95. The monoisotopic (exact) mass is 372 g/mol. The molecule has 28 heavy (non-hydrogen) atoms. The van der Waals surface area contributed by atoms with Crippen molar-refractivity contribution < 1.29 is 14.3 Å². The highest BCUT2D eigenvalue weighted by Gasteiger charge is 2.18. The van der Waals surface area contributed by atoms with Gasteiger partial charge in [0.2, 0.25) is 0 Å². The zero-order chi connectivity index (χ0) is 19.7. The molecular weight excluding hydrogens is 352 g/mol. The molecule has 0 fully saturated rings. The van der Waals surface area contributed by atoms with E-state index in [-0.39, 0.29) is 11.4 Å². The van der Waals surface area contributed by atoms with Crippen molar-refractivity contribution >= 4 is 11.0 Å². The van der Waals surface area contributed by atoms with E-state index in [0.29, 0.717) is 23.3 Å². The van der Waals surface area contributed by atoms with Crippen LogP contribution in [-0.4, -0.2) is 12.2 Å². The first-order valence-corrected chi connectivity index (χ1v) is 9.04. The molecule has 0 radical (unpaired) electrons. The number of hydrogen-bond donors (Lipinski definition) is 1. The fourth-order valence-electron chi connectivity index (χ4n) is 3.50. The molecule has 1 N–H and O–H groups in total. The van der Waals surface area contributed by atoms with E-state index >= 15 is 0 Å². The lowest BCUT2D eigenvalue weighted by molar-refractivity contribution is 0.414. The number of phenols is 1. The Morgan fingerprint density at radius 2 is 1.75 bits per heavy atom. The summed E-state index contributed by atoms with van der Waals surface area (Å²) >= 11 is 0. The Morgan fingerprint density at radius 3 is 2.46 bits per heavy atom. The van der Waals surface area contributed by atoms with Gasteiger partial charge in [0.1, 0.15) is 17.1 Å². The van der Waals surface area contributed by atoms with Gasteiger partial charge in [-0.25, -0.2) is 4.79 Å². The summed E-state index contributed by atoms with van der Waals surface area (Å²) in [5, 5.41) is 10.5. The molecule has 4 aromatic rings. The summed E-state index contributed by atoms with van der Waals surface area (Å²) in [6.45, 7) is 1.98. The van der Waals surface area contributed by atoms with Crippen molar-refractivity contribution in [2.75, 3.05) is 7.11 Å². The van der Waals surface area contributed by atoms with Crippen LogP contribution in [-0.2, 0) is 6.42 Å². The topological polar surface area (TPSA) is 59.7 Å². The molecule has 0 bridgehead atoms. The molecule has 0 unspecified atom stereocenters. The summed E-state index contributed by atoms with van der Waals surface area (Å²) in [6.07, 6.45) is 0.540. The average molecular weight is 372 g/mol. The molecule has 0 aliphatic heterocycles. The molecule has 0 saturated carbocycles. The number of benzene rings is 3. The Morgan fingerprint density at radius 1 is 1.00 bits per heavy atom. The Labute approximate surface area is 162 Å². The Bertz CT molecular complexity index is 1200. The molecule has 0 atom stereocenters.